The number of alkyl halides is 6. The Kier molecular flexibility index (Phi) is 9.25. The number of fused-ring (bicyclic) bond motifs is 2. The van der Waals surface area contributed by atoms with Crippen LogP contribution in [-0.4, -0.2) is 43.7 Å². The first-order valence-corrected chi connectivity index (χ1v) is 15.0. The zero-order valence-corrected chi connectivity index (χ0v) is 28.6. The average molecular weight is 673 g/mol. The largest absolute Gasteiger partial charge is 1.00 e. The Morgan fingerprint density at radius 2 is 0.951 bits per heavy atom. The van der Waals surface area contributed by atoms with E-state index in [0.717, 1.165) is 36.4 Å². The van der Waals surface area contributed by atoms with Gasteiger partial charge in [-0.1, -0.05) is 12.1 Å². The molecule has 1 aliphatic rings. The van der Waals surface area contributed by atoms with Crippen LogP contribution in [0.25, 0.3) is 31.3 Å². The van der Waals surface area contributed by atoms with Gasteiger partial charge in [0.1, 0.15) is 20.2 Å². The second kappa shape index (κ2) is 10.8. The van der Waals surface area contributed by atoms with E-state index in [9.17, 15) is 34.7 Å². The molecule has 0 atom stereocenters. The predicted octanol–water partition coefficient (Wildman–Crippen LogP) is 0.379. The molecule has 0 saturated carbocycles. The summed E-state index contributed by atoms with van der Waals surface area (Å²) in [6, 6.07) is 5.05. The second-order valence-electron chi connectivity index (χ2n) is 8.76. The Bertz CT molecular complexity index is 1840. The molecule has 2 aromatic carbocycles. The van der Waals surface area contributed by atoms with E-state index in [1.807, 2.05) is 0 Å². The molecular formula is C23H12F6Na2O6S4. The molecule has 6 nitrogen and oxygen atoms in total. The average Bonchev–Trinajstić information content (AvgIpc) is 3.32. The van der Waals surface area contributed by atoms with E-state index in [-0.39, 0.29) is 89.0 Å². The molecule has 208 valence electrons. The predicted molar refractivity (Wildman–Crippen MR) is 131 cm³/mol. The Morgan fingerprint density at radius 3 is 1.24 bits per heavy atom. The maximum Gasteiger partial charge on any atom is 1.00 e. The maximum atomic E-state index is 15.5. The van der Waals surface area contributed by atoms with Crippen molar-refractivity contribution in [1.82, 2.24) is 0 Å². The second-order valence-corrected chi connectivity index (χ2v) is 14.0. The van der Waals surface area contributed by atoms with Crippen LogP contribution in [0.2, 0.25) is 0 Å². The summed E-state index contributed by atoms with van der Waals surface area (Å²) in [6.45, 7) is 2.40. The summed E-state index contributed by atoms with van der Waals surface area (Å²) < 4.78 is 160. The maximum absolute atomic E-state index is 15.5. The number of aryl methyl sites for hydroxylation is 2. The number of hydrogen-bond acceptors (Lipinski definition) is 8. The molecule has 2 heterocycles. The van der Waals surface area contributed by atoms with Gasteiger partial charge in [0.2, 0.25) is 0 Å². The van der Waals surface area contributed by atoms with Gasteiger partial charge >= 0.3 is 76.9 Å². The number of allylic oxidation sites excluding steroid dienone is 2. The van der Waals surface area contributed by atoms with Gasteiger partial charge in [-0.3, -0.25) is 0 Å². The minimum absolute atomic E-state index is 0. The van der Waals surface area contributed by atoms with Gasteiger partial charge in [0.05, 0.1) is 9.79 Å². The number of halogens is 6. The molecule has 2 aromatic heterocycles. The molecule has 0 unspecified atom stereocenters. The molecule has 4 aromatic rings. The molecule has 5 rings (SSSR count). The van der Waals surface area contributed by atoms with Crippen molar-refractivity contribution in [1.29, 1.82) is 0 Å². The smallest absolute Gasteiger partial charge is 0.744 e. The van der Waals surface area contributed by atoms with Crippen LogP contribution in [-0.2, 0) is 20.2 Å². The van der Waals surface area contributed by atoms with E-state index in [1.165, 1.54) is 13.8 Å². The minimum Gasteiger partial charge on any atom is -0.744 e. The van der Waals surface area contributed by atoms with E-state index >= 15 is 17.6 Å². The summed E-state index contributed by atoms with van der Waals surface area (Å²) in [7, 11) is -9.95. The van der Waals surface area contributed by atoms with Gasteiger partial charge in [-0.05, 0) is 38.1 Å². The quantitative estimate of drug-likeness (QED) is 0.176. The van der Waals surface area contributed by atoms with Gasteiger partial charge in [0.25, 0.3) is 0 Å². The summed E-state index contributed by atoms with van der Waals surface area (Å²) in [6.07, 6.45) is 0. The Balaban J connectivity index is 0.00000231. The number of benzene rings is 2. The van der Waals surface area contributed by atoms with Crippen molar-refractivity contribution < 1.29 is 111 Å². The van der Waals surface area contributed by atoms with Crippen LogP contribution in [0, 0.1) is 13.8 Å². The van der Waals surface area contributed by atoms with Crippen LogP contribution in [0.3, 0.4) is 0 Å². The molecule has 18 heteroatoms. The third-order valence-corrected chi connectivity index (χ3v) is 10.2. The summed E-state index contributed by atoms with van der Waals surface area (Å²) >= 11 is 1.30. The van der Waals surface area contributed by atoms with Crippen LogP contribution >= 0.6 is 22.7 Å². The molecule has 0 saturated heterocycles. The van der Waals surface area contributed by atoms with E-state index in [1.54, 1.807) is 0 Å². The fourth-order valence-corrected chi connectivity index (χ4v) is 8.08. The van der Waals surface area contributed by atoms with Gasteiger partial charge in [0, 0.05) is 52.2 Å². The van der Waals surface area contributed by atoms with Gasteiger partial charge in [-0.15, -0.1) is 22.7 Å². The SMILES string of the molecule is Cc1sc2cc(S(=O)(=O)[O-])ccc2c1C1=C(c2c(C)sc3cc(S(=O)(=O)[O-])ccc23)C(F)(F)C(F)(F)C1(F)F.[Na+].[Na+]. The third-order valence-electron chi connectivity index (χ3n) is 6.42. The minimum atomic E-state index is -5.89. The summed E-state index contributed by atoms with van der Waals surface area (Å²) in [5, 5.41) is -0.495. The first-order chi connectivity index (χ1) is 17.7. The van der Waals surface area contributed by atoms with E-state index in [4.69, 9.17) is 0 Å². The molecule has 0 N–H and O–H groups in total. The van der Waals surface area contributed by atoms with Crippen molar-refractivity contribution >= 4 is 74.2 Å². The van der Waals surface area contributed by atoms with Crippen LogP contribution in [0.4, 0.5) is 26.3 Å². The van der Waals surface area contributed by atoms with Crippen LogP contribution < -0.4 is 59.1 Å². The molecule has 0 amide bonds. The zero-order valence-electron chi connectivity index (χ0n) is 21.3. The van der Waals surface area contributed by atoms with Gasteiger partial charge < -0.3 is 9.11 Å². The zero-order chi connectivity index (χ0) is 29.1. The summed E-state index contributed by atoms with van der Waals surface area (Å²) in [5.41, 5.74) is -4.69. The van der Waals surface area contributed by atoms with Crippen molar-refractivity contribution in [3.8, 4) is 0 Å². The number of rotatable bonds is 4. The number of hydrogen-bond donors (Lipinski definition) is 0. The number of thiophene rings is 2. The molecule has 0 fully saturated rings. The molecular weight excluding hydrogens is 660 g/mol. The van der Waals surface area contributed by atoms with Gasteiger partial charge in [-0.25, -0.2) is 16.8 Å². The van der Waals surface area contributed by atoms with E-state index < -0.39 is 70.1 Å². The Hall–Kier alpha value is -0.500. The van der Waals surface area contributed by atoms with Crippen molar-refractivity contribution in [3.63, 3.8) is 0 Å². The third kappa shape index (κ3) is 5.19. The van der Waals surface area contributed by atoms with Crippen molar-refractivity contribution in [2.45, 2.75) is 41.4 Å². The standard InChI is InChI=1S/C23H14F6O6S4.2Na/c1-9-17(13-5-3-11(38(30,31)32)7-15(13)36-9)19-20(22(26,27)23(28,29)21(19,24)25)18-10(2)37-16-8-12(39(33,34)35)4-6-14(16)18;;/h3-8H,1-2H3,(H,30,31,32)(H,33,34,35);;/q;2*+1/p-2. The molecule has 1 aliphatic carbocycles. The molecule has 0 bridgehead atoms. The van der Waals surface area contributed by atoms with Crippen LogP contribution in [0.15, 0.2) is 46.2 Å². The topological polar surface area (TPSA) is 114 Å². The molecule has 0 radical (unpaired) electrons. The van der Waals surface area contributed by atoms with Crippen LogP contribution in [0.1, 0.15) is 20.9 Å². The summed E-state index contributed by atoms with van der Waals surface area (Å²) in [5.74, 6) is -16.7. The Labute approximate surface area is 281 Å². The Morgan fingerprint density at radius 1 is 0.634 bits per heavy atom. The van der Waals surface area contributed by atoms with E-state index in [2.05, 4.69) is 0 Å². The van der Waals surface area contributed by atoms with Gasteiger partial charge in [-0.2, -0.15) is 26.3 Å². The van der Waals surface area contributed by atoms with Crippen molar-refractivity contribution in [2.75, 3.05) is 0 Å². The fraction of sp³-hybridized carbons (Fsp3) is 0.217. The molecule has 0 aliphatic heterocycles. The molecule has 41 heavy (non-hydrogen) atoms. The first-order valence-electron chi connectivity index (χ1n) is 10.6. The van der Waals surface area contributed by atoms with E-state index in [0.29, 0.717) is 22.7 Å². The monoisotopic (exact) mass is 672 g/mol. The van der Waals surface area contributed by atoms with Gasteiger partial charge in [0.15, 0.2) is 0 Å². The summed E-state index contributed by atoms with van der Waals surface area (Å²) in [4.78, 5) is -1.70. The van der Waals surface area contributed by atoms with Crippen LogP contribution in [0.5, 0.6) is 0 Å². The van der Waals surface area contributed by atoms with Crippen molar-refractivity contribution in [3.05, 3.63) is 57.3 Å². The van der Waals surface area contributed by atoms with Crippen molar-refractivity contribution in [2.24, 2.45) is 0 Å². The normalized spacial score (nSPS) is 18.0. The molecule has 0 spiro atoms. The fourth-order valence-electron chi connectivity index (χ4n) is 4.72. The first kappa shape index (κ1) is 35.0.